The Balaban J connectivity index is 2.33. The number of carboxylic acids is 1. The van der Waals surface area contributed by atoms with Crippen LogP contribution >= 0.6 is 0 Å². The Bertz CT molecular complexity index is 668. The largest absolute Gasteiger partial charge is 0.478 e. The molecule has 1 heterocycles. The van der Waals surface area contributed by atoms with Gasteiger partial charge in [0.15, 0.2) is 5.76 Å². The Labute approximate surface area is 107 Å². The lowest BCUT2D eigenvalue weighted by atomic mass is 10.1. The minimum Gasteiger partial charge on any atom is -0.478 e. The minimum atomic E-state index is -1.23. The van der Waals surface area contributed by atoms with E-state index in [0.29, 0.717) is 0 Å². The number of carbonyl (C=O) groups is 2. The summed E-state index contributed by atoms with van der Waals surface area (Å²) in [6, 6.07) is 8.82. The summed E-state index contributed by atoms with van der Waals surface area (Å²) < 4.78 is 4.90. The molecule has 1 aromatic heterocycles. The number of furan rings is 1. The Morgan fingerprint density at radius 3 is 2.68 bits per heavy atom. The van der Waals surface area contributed by atoms with Crippen molar-refractivity contribution in [2.75, 3.05) is 5.32 Å². The zero-order valence-electron chi connectivity index (χ0n) is 9.58. The number of nitriles is 1. The molecule has 6 nitrogen and oxygen atoms in total. The molecule has 0 atom stereocenters. The maximum absolute atomic E-state index is 11.7. The molecule has 1 aromatic carbocycles. The van der Waals surface area contributed by atoms with Crippen molar-refractivity contribution in [3.05, 3.63) is 53.5 Å². The molecule has 0 bridgehead atoms. The van der Waals surface area contributed by atoms with Crippen molar-refractivity contribution in [3.63, 3.8) is 0 Å². The van der Waals surface area contributed by atoms with E-state index < -0.39 is 11.9 Å². The van der Waals surface area contributed by atoms with Gasteiger partial charge in [0.05, 0.1) is 29.1 Å². The maximum Gasteiger partial charge on any atom is 0.337 e. The van der Waals surface area contributed by atoms with Gasteiger partial charge in [-0.25, -0.2) is 4.79 Å². The number of hydrogen-bond acceptors (Lipinski definition) is 4. The van der Waals surface area contributed by atoms with Gasteiger partial charge in [0.25, 0.3) is 5.91 Å². The second kappa shape index (κ2) is 5.06. The first-order chi connectivity index (χ1) is 9.11. The number of anilines is 1. The number of nitrogens with zero attached hydrogens (tertiary/aromatic N) is 1. The minimum absolute atomic E-state index is 0.0701. The van der Waals surface area contributed by atoms with Crippen LogP contribution in [-0.4, -0.2) is 17.0 Å². The van der Waals surface area contributed by atoms with Gasteiger partial charge in [0, 0.05) is 0 Å². The standard InChI is InChI=1S/C13H8N2O4/c14-7-8-3-4-10(9(6-8)13(17)18)15-12(16)11-2-1-5-19-11/h1-6H,(H,15,16)(H,17,18). The van der Waals surface area contributed by atoms with Gasteiger partial charge in [-0.3, -0.25) is 4.79 Å². The number of carboxylic acid groups (broad SMARTS) is 1. The van der Waals surface area contributed by atoms with E-state index in [1.807, 2.05) is 6.07 Å². The molecule has 2 rings (SSSR count). The molecule has 0 saturated carbocycles. The van der Waals surface area contributed by atoms with Gasteiger partial charge in [-0.2, -0.15) is 5.26 Å². The lowest BCUT2D eigenvalue weighted by Crippen LogP contribution is -2.14. The van der Waals surface area contributed by atoms with E-state index in [-0.39, 0.29) is 22.6 Å². The topological polar surface area (TPSA) is 103 Å². The van der Waals surface area contributed by atoms with Crippen LogP contribution in [0.1, 0.15) is 26.5 Å². The molecule has 0 unspecified atom stereocenters. The highest BCUT2D eigenvalue weighted by molar-refractivity contribution is 6.06. The van der Waals surface area contributed by atoms with E-state index in [0.717, 1.165) is 0 Å². The Morgan fingerprint density at radius 2 is 2.11 bits per heavy atom. The van der Waals surface area contributed by atoms with E-state index >= 15 is 0 Å². The summed E-state index contributed by atoms with van der Waals surface area (Å²) in [4.78, 5) is 22.8. The van der Waals surface area contributed by atoms with Gasteiger partial charge in [-0.15, -0.1) is 0 Å². The number of benzene rings is 1. The number of carbonyl (C=O) groups excluding carboxylic acids is 1. The van der Waals surface area contributed by atoms with Crippen LogP contribution in [0.4, 0.5) is 5.69 Å². The Kier molecular flexibility index (Phi) is 3.30. The van der Waals surface area contributed by atoms with Crippen LogP contribution in [0.2, 0.25) is 0 Å². The predicted octanol–water partition coefficient (Wildman–Crippen LogP) is 2.10. The number of aromatic carboxylic acids is 1. The highest BCUT2D eigenvalue weighted by Gasteiger charge is 2.15. The first-order valence-corrected chi connectivity index (χ1v) is 5.24. The van der Waals surface area contributed by atoms with Crippen molar-refractivity contribution in [1.82, 2.24) is 0 Å². The van der Waals surface area contributed by atoms with Crippen molar-refractivity contribution >= 4 is 17.6 Å². The number of amides is 1. The highest BCUT2D eigenvalue weighted by Crippen LogP contribution is 2.18. The Hall–Kier alpha value is -3.07. The predicted molar refractivity (Wildman–Crippen MR) is 64.8 cm³/mol. The second-order valence-corrected chi connectivity index (χ2v) is 3.61. The molecule has 19 heavy (non-hydrogen) atoms. The van der Waals surface area contributed by atoms with E-state index in [9.17, 15) is 9.59 Å². The fraction of sp³-hybridized carbons (Fsp3) is 0. The molecule has 2 aromatic rings. The van der Waals surface area contributed by atoms with Crippen molar-refractivity contribution in [2.45, 2.75) is 0 Å². The normalized spacial score (nSPS) is 9.63. The SMILES string of the molecule is N#Cc1ccc(NC(=O)c2ccco2)c(C(=O)O)c1. The Morgan fingerprint density at radius 1 is 1.32 bits per heavy atom. The molecule has 0 radical (unpaired) electrons. The fourth-order valence-corrected chi connectivity index (χ4v) is 1.49. The summed E-state index contributed by atoms with van der Waals surface area (Å²) in [7, 11) is 0. The van der Waals surface area contributed by atoms with Gasteiger partial charge < -0.3 is 14.8 Å². The molecule has 2 N–H and O–H groups in total. The summed E-state index contributed by atoms with van der Waals surface area (Å²) in [6.07, 6.45) is 1.34. The fourth-order valence-electron chi connectivity index (χ4n) is 1.49. The molecular weight excluding hydrogens is 248 g/mol. The summed E-state index contributed by atoms with van der Waals surface area (Å²) in [5.74, 6) is -1.72. The lowest BCUT2D eigenvalue weighted by Gasteiger charge is -2.07. The monoisotopic (exact) mass is 256 g/mol. The molecular formula is C13H8N2O4. The number of hydrogen-bond donors (Lipinski definition) is 2. The van der Waals surface area contributed by atoms with Crippen LogP contribution in [0, 0.1) is 11.3 Å². The first kappa shape index (κ1) is 12.4. The van der Waals surface area contributed by atoms with E-state index in [2.05, 4.69) is 5.32 Å². The summed E-state index contributed by atoms with van der Waals surface area (Å²) in [5.41, 5.74) is 0.153. The van der Waals surface area contributed by atoms with Gasteiger partial charge in [-0.05, 0) is 30.3 Å². The van der Waals surface area contributed by atoms with Crippen LogP contribution in [0.25, 0.3) is 0 Å². The molecule has 0 spiro atoms. The third-order valence-corrected chi connectivity index (χ3v) is 2.37. The van der Waals surface area contributed by atoms with Crippen LogP contribution < -0.4 is 5.32 Å². The molecule has 94 valence electrons. The molecule has 0 fully saturated rings. The average molecular weight is 256 g/mol. The summed E-state index contributed by atoms with van der Waals surface area (Å²) in [5, 5.41) is 20.2. The van der Waals surface area contributed by atoms with Gasteiger partial charge >= 0.3 is 5.97 Å². The zero-order valence-corrected chi connectivity index (χ0v) is 9.58. The molecule has 0 aliphatic rings. The quantitative estimate of drug-likeness (QED) is 0.875. The van der Waals surface area contributed by atoms with E-state index in [1.54, 1.807) is 6.07 Å². The van der Waals surface area contributed by atoms with Gasteiger partial charge in [-0.1, -0.05) is 0 Å². The highest BCUT2D eigenvalue weighted by atomic mass is 16.4. The van der Waals surface area contributed by atoms with Gasteiger partial charge in [0.1, 0.15) is 0 Å². The third-order valence-electron chi connectivity index (χ3n) is 2.37. The molecule has 6 heteroatoms. The smallest absolute Gasteiger partial charge is 0.337 e. The van der Waals surface area contributed by atoms with Crippen molar-refractivity contribution in [1.29, 1.82) is 5.26 Å². The lowest BCUT2D eigenvalue weighted by molar-refractivity contribution is 0.0698. The zero-order chi connectivity index (χ0) is 13.8. The van der Waals surface area contributed by atoms with Crippen LogP contribution in [0.15, 0.2) is 41.0 Å². The van der Waals surface area contributed by atoms with Crippen molar-refractivity contribution < 1.29 is 19.1 Å². The van der Waals surface area contributed by atoms with Gasteiger partial charge in [0.2, 0.25) is 0 Å². The second-order valence-electron chi connectivity index (χ2n) is 3.61. The van der Waals surface area contributed by atoms with Crippen molar-refractivity contribution in [2.24, 2.45) is 0 Å². The third kappa shape index (κ3) is 2.61. The summed E-state index contributed by atoms with van der Waals surface area (Å²) >= 11 is 0. The van der Waals surface area contributed by atoms with Crippen molar-refractivity contribution in [3.8, 4) is 6.07 Å². The molecule has 1 amide bonds. The van der Waals surface area contributed by atoms with E-state index in [4.69, 9.17) is 14.8 Å². The van der Waals surface area contributed by atoms with Crippen LogP contribution in [0.5, 0.6) is 0 Å². The van der Waals surface area contributed by atoms with Crippen LogP contribution in [-0.2, 0) is 0 Å². The summed E-state index contributed by atoms with van der Waals surface area (Å²) in [6.45, 7) is 0. The molecule has 0 aliphatic carbocycles. The van der Waals surface area contributed by atoms with Crippen LogP contribution in [0.3, 0.4) is 0 Å². The number of nitrogens with one attached hydrogen (secondary N) is 1. The average Bonchev–Trinajstić information content (AvgIpc) is 2.92. The van der Waals surface area contributed by atoms with E-state index in [1.165, 1.54) is 30.5 Å². The number of rotatable bonds is 3. The molecule has 0 saturated heterocycles. The first-order valence-electron chi connectivity index (χ1n) is 5.24. The maximum atomic E-state index is 11.7. The molecule has 0 aliphatic heterocycles.